The second kappa shape index (κ2) is 15.2. The molecule has 0 N–H and O–H groups in total. The van der Waals surface area contributed by atoms with Crippen molar-refractivity contribution in [3.05, 3.63) is 206 Å². The molecule has 0 saturated heterocycles. The number of rotatable bonds is 8. The van der Waals surface area contributed by atoms with E-state index in [1.807, 2.05) is 48.5 Å². The second-order valence-corrected chi connectivity index (χ2v) is 14.7. The normalized spacial score (nSPS) is 13.3. The third-order valence-electron chi connectivity index (χ3n) is 10.9. The van der Waals surface area contributed by atoms with Crippen LogP contribution in [0.1, 0.15) is 30.7 Å². The van der Waals surface area contributed by atoms with Crippen molar-refractivity contribution in [2.24, 2.45) is 0 Å². The number of para-hydroxylation sites is 2. The van der Waals surface area contributed by atoms with Gasteiger partial charge in [-0.05, 0) is 72.2 Å². The van der Waals surface area contributed by atoms with E-state index in [1.165, 1.54) is 11.1 Å². The van der Waals surface area contributed by atoms with Gasteiger partial charge >= 0.3 is 0 Å². The molecule has 1 aliphatic carbocycles. The first kappa shape index (κ1) is 35.0. The molecule has 0 saturated carbocycles. The maximum Gasteiger partial charge on any atom is 0.0973 e. The van der Waals surface area contributed by atoms with Crippen molar-refractivity contribution in [2.45, 2.75) is 19.3 Å². The Bertz CT molecular complexity index is 2890. The van der Waals surface area contributed by atoms with Crippen molar-refractivity contribution in [3.63, 3.8) is 0 Å². The lowest BCUT2D eigenvalue weighted by Gasteiger charge is -2.26. The van der Waals surface area contributed by atoms with Crippen LogP contribution in [0.5, 0.6) is 0 Å². The number of benzene rings is 7. The molecule has 9 aromatic rings. The summed E-state index contributed by atoms with van der Waals surface area (Å²) in [6.45, 7) is 2.23. The number of anilines is 3. The molecule has 2 aromatic heterocycles. The van der Waals surface area contributed by atoms with E-state index in [9.17, 15) is 0 Å². The fourth-order valence-electron chi connectivity index (χ4n) is 7.86. The third kappa shape index (κ3) is 6.73. The summed E-state index contributed by atoms with van der Waals surface area (Å²) < 4.78 is 0. The van der Waals surface area contributed by atoms with E-state index in [4.69, 9.17) is 19.9 Å². The second-order valence-electron chi connectivity index (χ2n) is 14.7. The molecule has 0 bridgehead atoms. The standard InChI is InChI=1S/C53H39N5/c1-36-14-13-23-48-49(36)57-53(40-19-9-4-10-20-40)52(56-48)42-28-34-45(35-29-42)58(43-30-24-38(25-31-43)37-15-5-2-6-16-37)44-32-26-41(27-33-44)51-50(39-17-7-3-8-18-39)54-46-21-11-12-22-47(46)55-51/h2-13,15-36H,14H2,1H3. The monoisotopic (exact) mass is 745 g/mol. The quantitative estimate of drug-likeness (QED) is 0.155. The molecular weight excluding hydrogens is 707 g/mol. The first-order valence-electron chi connectivity index (χ1n) is 19.8. The van der Waals surface area contributed by atoms with Gasteiger partial charge in [0, 0.05) is 45.2 Å². The van der Waals surface area contributed by atoms with Crippen molar-refractivity contribution in [1.82, 2.24) is 19.9 Å². The largest absolute Gasteiger partial charge is 0.311 e. The zero-order valence-electron chi connectivity index (χ0n) is 32.1. The highest BCUT2D eigenvalue weighted by molar-refractivity contribution is 5.88. The van der Waals surface area contributed by atoms with E-state index in [-0.39, 0.29) is 0 Å². The Morgan fingerprint density at radius 2 is 0.741 bits per heavy atom. The van der Waals surface area contributed by atoms with Crippen LogP contribution in [0.15, 0.2) is 194 Å². The number of allylic oxidation sites excluding steroid dienone is 1. The van der Waals surface area contributed by atoms with Crippen LogP contribution in [-0.4, -0.2) is 19.9 Å². The lowest BCUT2D eigenvalue weighted by Crippen LogP contribution is -2.10. The van der Waals surface area contributed by atoms with Crippen LogP contribution in [0.2, 0.25) is 0 Å². The van der Waals surface area contributed by atoms with Gasteiger partial charge in [0.15, 0.2) is 0 Å². The summed E-state index contributed by atoms with van der Waals surface area (Å²) >= 11 is 0. The Morgan fingerprint density at radius 3 is 1.22 bits per heavy atom. The predicted octanol–water partition coefficient (Wildman–Crippen LogP) is 13.7. The van der Waals surface area contributed by atoms with E-state index in [1.54, 1.807) is 0 Å². The van der Waals surface area contributed by atoms with Crippen LogP contribution in [0.3, 0.4) is 0 Å². The average Bonchev–Trinajstić information content (AvgIpc) is 3.30. The Hall–Kier alpha value is -7.50. The first-order chi connectivity index (χ1) is 28.7. The minimum Gasteiger partial charge on any atom is -0.311 e. The number of hydrogen-bond acceptors (Lipinski definition) is 5. The number of fused-ring (bicyclic) bond motifs is 2. The summed E-state index contributed by atoms with van der Waals surface area (Å²) in [5.74, 6) is 0.317. The molecule has 1 atom stereocenters. The molecule has 7 aromatic carbocycles. The molecule has 10 rings (SSSR count). The molecule has 0 aliphatic heterocycles. The van der Waals surface area contributed by atoms with E-state index in [0.717, 1.165) is 90.9 Å². The van der Waals surface area contributed by atoms with Crippen LogP contribution in [0.4, 0.5) is 17.1 Å². The summed E-state index contributed by atoms with van der Waals surface area (Å²) in [6.07, 6.45) is 5.29. The van der Waals surface area contributed by atoms with Crippen molar-refractivity contribution >= 4 is 34.2 Å². The lowest BCUT2D eigenvalue weighted by molar-refractivity contribution is 0.732. The van der Waals surface area contributed by atoms with E-state index >= 15 is 0 Å². The molecule has 58 heavy (non-hydrogen) atoms. The summed E-state index contributed by atoms with van der Waals surface area (Å²) in [5.41, 5.74) is 16.8. The topological polar surface area (TPSA) is 54.8 Å². The zero-order chi connectivity index (χ0) is 38.8. The van der Waals surface area contributed by atoms with Gasteiger partial charge in [-0.25, -0.2) is 19.9 Å². The summed E-state index contributed by atoms with van der Waals surface area (Å²) in [6, 6.07) is 65.4. The maximum absolute atomic E-state index is 5.27. The molecule has 1 aliphatic rings. The van der Waals surface area contributed by atoms with Gasteiger partial charge in [0.1, 0.15) is 0 Å². The summed E-state index contributed by atoms with van der Waals surface area (Å²) in [4.78, 5) is 23.1. The lowest BCUT2D eigenvalue weighted by atomic mass is 9.94. The minimum atomic E-state index is 0.317. The van der Waals surface area contributed by atoms with E-state index < -0.39 is 0 Å². The third-order valence-corrected chi connectivity index (χ3v) is 10.9. The molecule has 5 heteroatoms. The van der Waals surface area contributed by atoms with Crippen LogP contribution in [0, 0.1) is 0 Å². The van der Waals surface area contributed by atoms with Gasteiger partial charge in [0.05, 0.1) is 45.2 Å². The highest BCUT2D eigenvalue weighted by Gasteiger charge is 2.22. The molecule has 2 heterocycles. The fourth-order valence-corrected chi connectivity index (χ4v) is 7.86. The molecule has 0 radical (unpaired) electrons. The number of aromatic nitrogens is 4. The summed E-state index contributed by atoms with van der Waals surface area (Å²) in [5, 5.41) is 0. The van der Waals surface area contributed by atoms with Crippen molar-refractivity contribution < 1.29 is 0 Å². The van der Waals surface area contributed by atoms with E-state index in [2.05, 4.69) is 164 Å². The van der Waals surface area contributed by atoms with Gasteiger partial charge in [0.25, 0.3) is 0 Å². The molecule has 276 valence electrons. The molecule has 0 amide bonds. The molecule has 0 fully saturated rings. The van der Waals surface area contributed by atoms with Gasteiger partial charge in [-0.2, -0.15) is 0 Å². The summed E-state index contributed by atoms with van der Waals surface area (Å²) in [7, 11) is 0. The van der Waals surface area contributed by atoms with Crippen molar-refractivity contribution in [3.8, 4) is 56.2 Å². The van der Waals surface area contributed by atoms with E-state index in [0.29, 0.717) is 5.92 Å². The number of hydrogen-bond donors (Lipinski definition) is 0. The van der Waals surface area contributed by atoms with Crippen molar-refractivity contribution in [2.75, 3.05) is 4.90 Å². The molecule has 5 nitrogen and oxygen atoms in total. The minimum absolute atomic E-state index is 0.317. The average molecular weight is 746 g/mol. The van der Waals surface area contributed by atoms with Crippen LogP contribution in [0.25, 0.3) is 73.3 Å². The molecule has 0 spiro atoms. The highest BCUT2D eigenvalue weighted by Crippen LogP contribution is 2.40. The van der Waals surface area contributed by atoms with Gasteiger partial charge in [-0.3, -0.25) is 0 Å². The Kier molecular flexibility index (Phi) is 9.16. The smallest absolute Gasteiger partial charge is 0.0973 e. The molecule has 1 unspecified atom stereocenters. The van der Waals surface area contributed by atoms with Crippen molar-refractivity contribution in [1.29, 1.82) is 0 Å². The maximum atomic E-state index is 5.27. The first-order valence-corrected chi connectivity index (χ1v) is 19.8. The Morgan fingerprint density at radius 1 is 0.379 bits per heavy atom. The highest BCUT2D eigenvalue weighted by atomic mass is 15.1. The molecular formula is C53H39N5. The van der Waals surface area contributed by atoms with Gasteiger partial charge < -0.3 is 4.90 Å². The van der Waals surface area contributed by atoms with Crippen LogP contribution >= 0.6 is 0 Å². The Balaban J connectivity index is 1.07. The number of nitrogens with zero attached hydrogens (tertiary/aromatic N) is 5. The Labute approximate surface area is 338 Å². The van der Waals surface area contributed by atoms with Gasteiger partial charge in [0.2, 0.25) is 0 Å². The fraction of sp³-hybridized carbons (Fsp3) is 0.0566. The van der Waals surface area contributed by atoms with Gasteiger partial charge in [-0.15, -0.1) is 0 Å². The van der Waals surface area contributed by atoms with Crippen LogP contribution < -0.4 is 4.90 Å². The van der Waals surface area contributed by atoms with Gasteiger partial charge in [-0.1, -0.05) is 153 Å². The predicted molar refractivity (Wildman–Crippen MR) is 239 cm³/mol. The van der Waals surface area contributed by atoms with Crippen LogP contribution in [-0.2, 0) is 0 Å². The zero-order valence-corrected chi connectivity index (χ0v) is 32.1. The SMILES string of the molecule is CC1CC=Cc2nc(-c3ccc(N(c4ccc(-c5ccccc5)cc4)c4ccc(-c5nc6ccccc6nc5-c5ccccc5)cc4)cc3)c(-c3ccccc3)nc21.